The minimum absolute atomic E-state index is 0.0412. The molecule has 1 unspecified atom stereocenters. The highest BCUT2D eigenvalue weighted by atomic mass is 16.2. The van der Waals surface area contributed by atoms with Crippen molar-refractivity contribution >= 4 is 17.4 Å². The second kappa shape index (κ2) is 5.17. The number of aryl methyl sites for hydroxylation is 1. The second-order valence-corrected chi connectivity index (χ2v) is 5.46. The fourth-order valence-electron chi connectivity index (χ4n) is 2.91. The zero-order valence-corrected chi connectivity index (χ0v) is 12.2. The van der Waals surface area contributed by atoms with E-state index in [2.05, 4.69) is 0 Å². The maximum atomic E-state index is 12.4. The Kier molecular flexibility index (Phi) is 3.34. The van der Waals surface area contributed by atoms with E-state index in [0.29, 0.717) is 17.7 Å². The molecule has 0 aromatic heterocycles. The lowest BCUT2D eigenvalue weighted by Gasteiger charge is -2.36. The van der Waals surface area contributed by atoms with E-state index in [1.54, 1.807) is 17.9 Å². The Bertz CT molecular complexity index is 703. The van der Waals surface area contributed by atoms with Crippen LogP contribution in [0.15, 0.2) is 48.5 Å². The van der Waals surface area contributed by atoms with Gasteiger partial charge in [-0.25, -0.2) is 0 Å². The van der Waals surface area contributed by atoms with Crippen molar-refractivity contribution in [1.29, 1.82) is 0 Å². The molecule has 2 aromatic carbocycles. The maximum Gasteiger partial charge on any atom is 0.224 e. The number of ketones is 1. The number of rotatable bonds is 1. The van der Waals surface area contributed by atoms with Crippen molar-refractivity contribution < 1.29 is 9.59 Å². The van der Waals surface area contributed by atoms with Crippen LogP contribution in [0.1, 0.15) is 40.9 Å². The molecule has 3 heteroatoms. The smallest absolute Gasteiger partial charge is 0.224 e. The first-order valence-corrected chi connectivity index (χ1v) is 7.06. The molecule has 2 aromatic rings. The highest BCUT2D eigenvalue weighted by Crippen LogP contribution is 2.38. The molecule has 0 aliphatic carbocycles. The maximum absolute atomic E-state index is 12.4. The van der Waals surface area contributed by atoms with E-state index < -0.39 is 0 Å². The summed E-state index contributed by atoms with van der Waals surface area (Å²) in [6, 6.07) is 15.1. The van der Waals surface area contributed by atoms with Gasteiger partial charge in [0.25, 0.3) is 0 Å². The van der Waals surface area contributed by atoms with Crippen LogP contribution in [0.4, 0.5) is 5.69 Å². The number of fused-ring (bicyclic) bond motifs is 1. The summed E-state index contributed by atoms with van der Waals surface area (Å²) in [7, 11) is 0. The van der Waals surface area contributed by atoms with Crippen LogP contribution in [0.25, 0.3) is 0 Å². The number of amides is 1. The molecule has 1 heterocycles. The average molecular weight is 279 g/mol. The number of nitrogens with zero attached hydrogens (tertiary/aromatic N) is 1. The number of carbonyl (C=O) groups is 2. The van der Waals surface area contributed by atoms with Gasteiger partial charge in [0, 0.05) is 18.9 Å². The molecule has 0 fully saturated rings. The van der Waals surface area contributed by atoms with Gasteiger partial charge < -0.3 is 4.90 Å². The van der Waals surface area contributed by atoms with Crippen LogP contribution in [0.2, 0.25) is 0 Å². The molecule has 106 valence electrons. The van der Waals surface area contributed by atoms with E-state index in [4.69, 9.17) is 0 Å². The first-order valence-electron chi connectivity index (χ1n) is 7.06. The summed E-state index contributed by atoms with van der Waals surface area (Å²) in [4.78, 5) is 26.2. The molecule has 3 rings (SSSR count). The molecule has 1 atom stereocenters. The Morgan fingerprint density at radius 2 is 1.76 bits per heavy atom. The standard InChI is InChI=1S/C18H17NO2/c1-12-7-9-14(10-8-12)17-11-18(21)15-5-3-4-6-16(15)19(17)13(2)20/h3-10,17H,11H2,1-2H3. The lowest BCUT2D eigenvalue weighted by Crippen LogP contribution is -2.38. The summed E-state index contributed by atoms with van der Waals surface area (Å²) in [6.45, 7) is 3.57. The molecule has 1 amide bonds. The second-order valence-electron chi connectivity index (χ2n) is 5.46. The fraction of sp³-hybridized carbons (Fsp3) is 0.222. The molecule has 0 N–H and O–H groups in total. The van der Waals surface area contributed by atoms with Crippen LogP contribution < -0.4 is 4.90 Å². The highest BCUT2D eigenvalue weighted by molar-refractivity contribution is 6.09. The number of para-hydroxylation sites is 1. The Labute approximate surface area is 124 Å². The predicted octanol–water partition coefficient (Wildman–Crippen LogP) is 3.68. The Morgan fingerprint density at radius 3 is 2.43 bits per heavy atom. The zero-order chi connectivity index (χ0) is 15.0. The fourth-order valence-corrected chi connectivity index (χ4v) is 2.91. The van der Waals surface area contributed by atoms with Gasteiger partial charge in [-0.15, -0.1) is 0 Å². The third-order valence-electron chi connectivity index (χ3n) is 3.96. The van der Waals surface area contributed by atoms with Gasteiger partial charge in [0.2, 0.25) is 5.91 Å². The van der Waals surface area contributed by atoms with Crippen LogP contribution in [0.3, 0.4) is 0 Å². The zero-order valence-electron chi connectivity index (χ0n) is 12.2. The molecule has 1 aliphatic rings. The molecule has 0 bridgehead atoms. The summed E-state index contributed by atoms with van der Waals surface area (Å²) >= 11 is 0. The van der Waals surface area contributed by atoms with Gasteiger partial charge in [0.1, 0.15) is 0 Å². The molecule has 21 heavy (non-hydrogen) atoms. The lowest BCUT2D eigenvalue weighted by molar-refractivity contribution is -0.117. The van der Waals surface area contributed by atoms with E-state index in [-0.39, 0.29) is 17.7 Å². The third-order valence-corrected chi connectivity index (χ3v) is 3.96. The topological polar surface area (TPSA) is 37.4 Å². The number of hydrogen-bond acceptors (Lipinski definition) is 2. The summed E-state index contributed by atoms with van der Waals surface area (Å²) in [5.41, 5.74) is 3.51. The number of carbonyl (C=O) groups excluding carboxylic acids is 2. The van der Waals surface area contributed by atoms with Crippen LogP contribution in [-0.4, -0.2) is 11.7 Å². The SMILES string of the molecule is CC(=O)N1c2ccccc2C(=O)CC1c1ccc(C)cc1. The largest absolute Gasteiger partial charge is 0.304 e. The predicted molar refractivity (Wildman–Crippen MR) is 82.5 cm³/mol. The van der Waals surface area contributed by atoms with Crippen LogP contribution in [-0.2, 0) is 4.79 Å². The molecule has 0 saturated carbocycles. The van der Waals surface area contributed by atoms with Crippen molar-refractivity contribution in [2.45, 2.75) is 26.3 Å². The van der Waals surface area contributed by atoms with E-state index in [1.165, 1.54) is 0 Å². The number of hydrogen-bond donors (Lipinski definition) is 0. The van der Waals surface area contributed by atoms with Gasteiger partial charge in [-0.3, -0.25) is 9.59 Å². The quantitative estimate of drug-likeness (QED) is 0.798. The third kappa shape index (κ3) is 2.35. The monoisotopic (exact) mass is 279 g/mol. The minimum Gasteiger partial charge on any atom is -0.304 e. The van der Waals surface area contributed by atoms with E-state index in [0.717, 1.165) is 11.1 Å². The average Bonchev–Trinajstić information content (AvgIpc) is 2.47. The Morgan fingerprint density at radius 1 is 1.10 bits per heavy atom. The molecule has 0 spiro atoms. The summed E-state index contributed by atoms with van der Waals surface area (Å²) in [6.07, 6.45) is 0.333. The van der Waals surface area contributed by atoms with Gasteiger partial charge in [0.15, 0.2) is 5.78 Å². The van der Waals surface area contributed by atoms with E-state index >= 15 is 0 Å². The first-order chi connectivity index (χ1) is 10.1. The van der Waals surface area contributed by atoms with Crippen LogP contribution in [0.5, 0.6) is 0 Å². The summed E-state index contributed by atoms with van der Waals surface area (Å²) < 4.78 is 0. The van der Waals surface area contributed by atoms with Crippen molar-refractivity contribution in [3.8, 4) is 0 Å². The Balaban J connectivity index is 2.11. The van der Waals surface area contributed by atoms with Crippen molar-refractivity contribution in [1.82, 2.24) is 0 Å². The molecule has 0 saturated heterocycles. The van der Waals surface area contributed by atoms with Crippen LogP contribution >= 0.6 is 0 Å². The molecular formula is C18H17NO2. The van der Waals surface area contributed by atoms with Crippen molar-refractivity contribution in [2.75, 3.05) is 4.90 Å². The van der Waals surface area contributed by atoms with Gasteiger partial charge in [-0.05, 0) is 24.6 Å². The summed E-state index contributed by atoms with van der Waals surface area (Å²) in [5, 5.41) is 0. The van der Waals surface area contributed by atoms with Crippen molar-refractivity contribution in [2.24, 2.45) is 0 Å². The number of anilines is 1. The Hall–Kier alpha value is -2.42. The lowest BCUT2D eigenvalue weighted by atomic mass is 9.90. The molecule has 0 radical (unpaired) electrons. The van der Waals surface area contributed by atoms with Crippen LogP contribution in [0, 0.1) is 6.92 Å². The highest BCUT2D eigenvalue weighted by Gasteiger charge is 2.34. The summed E-state index contributed by atoms with van der Waals surface area (Å²) in [5.74, 6) is 0.0502. The molecular weight excluding hydrogens is 262 g/mol. The van der Waals surface area contributed by atoms with E-state index in [9.17, 15) is 9.59 Å². The van der Waals surface area contributed by atoms with Gasteiger partial charge in [-0.1, -0.05) is 42.0 Å². The van der Waals surface area contributed by atoms with Gasteiger partial charge >= 0.3 is 0 Å². The van der Waals surface area contributed by atoms with Gasteiger partial charge in [0.05, 0.1) is 11.7 Å². The molecule has 3 nitrogen and oxygen atoms in total. The first kappa shape index (κ1) is 13.6. The number of benzene rings is 2. The van der Waals surface area contributed by atoms with Gasteiger partial charge in [-0.2, -0.15) is 0 Å². The van der Waals surface area contributed by atoms with Crippen molar-refractivity contribution in [3.63, 3.8) is 0 Å². The van der Waals surface area contributed by atoms with Crippen molar-refractivity contribution in [3.05, 3.63) is 65.2 Å². The van der Waals surface area contributed by atoms with E-state index in [1.807, 2.05) is 49.4 Å². The molecule has 1 aliphatic heterocycles. The normalized spacial score (nSPS) is 17.5. The number of Topliss-reactive ketones (excluding diaryl/α,β-unsaturated/α-hetero) is 1. The minimum atomic E-state index is -0.217.